The summed E-state index contributed by atoms with van der Waals surface area (Å²) in [6.07, 6.45) is 0. The van der Waals surface area contributed by atoms with Crippen molar-refractivity contribution in [2.75, 3.05) is 13.6 Å². The zero-order chi connectivity index (χ0) is 11.4. The van der Waals surface area contributed by atoms with E-state index >= 15 is 0 Å². The summed E-state index contributed by atoms with van der Waals surface area (Å²) < 4.78 is 0. The number of likely N-dealkylation sites (N-methyl/N-ethyl adjacent to an activating group) is 1. The first kappa shape index (κ1) is 11.4. The van der Waals surface area contributed by atoms with Gasteiger partial charge in [0.25, 0.3) is 0 Å². The standard InChI is InChI=1S/C14H17NS/c1-11(9-15-2)13-8-14(16-10-13)12-6-4-3-5-7-12/h3-8,10-11,15H,9H2,1-2H3. The largest absolute Gasteiger partial charge is 0.319 e. The monoisotopic (exact) mass is 231 g/mol. The molecule has 1 atom stereocenters. The summed E-state index contributed by atoms with van der Waals surface area (Å²) in [6.45, 7) is 3.29. The molecular formula is C14H17NS. The minimum atomic E-state index is 0.582. The quantitative estimate of drug-likeness (QED) is 0.845. The van der Waals surface area contributed by atoms with E-state index in [1.54, 1.807) is 0 Å². The third-order valence-corrected chi connectivity index (χ3v) is 3.75. The summed E-state index contributed by atoms with van der Waals surface area (Å²) in [5.41, 5.74) is 2.74. The highest BCUT2D eigenvalue weighted by molar-refractivity contribution is 7.13. The van der Waals surface area contributed by atoms with Crippen LogP contribution >= 0.6 is 11.3 Å². The van der Waals surface area contributed by atoms with E-state index in [2.05, 4.69) is 54.0 Å². The van der Waals surface area contributed by atoms with E-state index in [9.17, 15) is 0 Å². The maximum Gasteiger partial charge on any atom is 0.0345 e. The molecule has 0 radical (unpaired) electrons. The molecule has 0 aliphatic rings. The number of hydrogen-bond donors (Lipinski definition) is 1. The second kappa shape index (κ2) is 5.28. The van der Waals surface area contributed by atoms with Gasteiger partial charge in [-0.15, -0.1) is 11.3 Å². The highest BCUT2D eigenvalue weighted by Crippen LogP contribution is 2.30. The van der Waals surface area contributed by atoms with E-state index in [0.29, 0.717) is 5.92 Å². The van der Waals surface area contributed by atoms with Crippen molar-refractivity contribution in [1.82, 2.24) is 5.32 Å². The van der Waals surface area contributed by atoms with Crippen molar-refractivity contribution in [3.8, 4) is 10.4 Å². The highest BCUT2D eigenvalue weighted by Gasteiger charge is 2.08. The highest BCUT2D eigenvalue weighted by atomic mass is 32.1. The van der Waals surface area contributed by atoms with Crippen molar-refractivity contribution in [2.45, 2.75) is 12.8 Å². The molecule has 84 valence electrons. The summed E-state index contributed by atoms with van der Waals surface area (Å²) >= 11 is 1.83. The fraction of sp³-hybridized carbons (Fsp3) is 0.286. The summed E-state index contributed by atoms with van der Waals surface area (Å²) in [4.78, 5) is 1.36. The van der Waals surface area contributed by atoms with Crippen LogP contribution in [0.2, 0.25) is 0 Å². The minimum absolute atomic E-state index is 0.582. The first-order valence-electron chi connectivity index (χ1n) is 5.59. The van der Waals surface area contributed by atoms with Gasteiger partial charge in [0.2, 0.25) is 0 Å². The van der Waals surface area contributed by atoms with E-state index in [1.807, 2.05) is 18.4 Å². The van der Waals surface area contributed by atoms with E-state index in [0.717, 1.165) is 6.54 Å². The molecule has 1 aromatic carbocycles. The van der Waals surface area contributed by atoms with Crippen molar-refractivity contribution >= 4 is 11.3 Å². The number of nitrogens with one attached hydrogen (secondary N) is 1. The fourth-order valence-corrected chi connectivity index (χ4v) is 2.83. The molecule has 1 aromatic heterocycles. The topological polar surface area (TPSA) is 12.0 Å². The molecule has 0 fully saturated rings. The Morgan fingerprint density at radius 1 is 1.25 bits per heavy atom. The summed E-state index contributed by atoms with van der Waals surface area (Å²) in [5.74, 6) is 0.582. The molecular weight excluding hydrogens is 214 g/mol. The van der Waals surface area contributed by atoms with Crippen LogP contribution in [0.15, 0.2) is 41.8 Å². The SMILES string of the molecule is CNCC(C)c1csc(-c2ccccc2)c1. The second-order valence-corrected chi connectivity index (χ2v) is 4.98. The molecule has 16 heavy (non-hydrogen) atoms. The van der Waals surface area contributed by atoms with Crippen LogP contribution in [0.5, 0.6) is 0 Å². The maximum absolute atomic E-state index is 3.22. The predicted molar refractivity (Wildman–Crippen MR) is 72.1 cm³/mol. The molecule has 0 aliphatic heterocycles. The van der Waals surface area contributed by atoms with Crippen molar-refractivity contribution in [3.63, 3.8) is 0 Å². The first-order valence-corrected chi connectivity index (χ1v) is 6.47. The van der Waals surface area contributed by atoms with Gasteiger partial charge in [0, 0.05) is 11.4 Å². The lowest BCUT2D eigenvalue weighted by molar-refractivity contribution is 0.680. The van der Waals surface area contributed by atoms with Gasteiger partial charge in [-0.05, 0) is 35.5 Å². The normalized spacial score (nSPS) is 12.6. The van der Waals surface area contributed by atoms with Gasteiger partial charge in [0.15, 0.2) is 0 Å². The Kier molecular flexibility index (Phi) is 3.75. The lowest BCUT2D eigenvalue weighted by atomic mass is 10.0. The molecule has 2 heteroatoms. The van der Waals surface area contributed by atoms with Gasteiger partial charge in [-0.3, -0.25) is 0 Å². The summed E-state index contributed by atoms with van der Waals surface area (Å²) in [5, 5.41) is 5.49. The van der Waals surface area contributed by atoms with Crippen LogP contribution in [0.1, 0.15) is 18.4 Å². The van der Waals surface area contributed by atoms with Crippen LogP contribution in [-0.4, -0.2) is 13.6 Å². The van der Waals surface area contributed by atoms with Gasteiger partial charge >= 0.3 is 0 Å². The van der Waals surface area contributed by atoms with Crippen LogP contribution in [0.4, 0.5) is 0 Å². The molecule has 0 saturated heterocycles. The van der Waals surface area contributed by atoms with Gasteiger partial charge in [-0.25, -0.2) is 0 Å². The zero-order valence-electron chi connectivity index (χ0n) is 9.73. The van der Waals surface area contributed by atoms with Crippen molar-refractivity contribution in [2.24, 2.45) is 0 Å². The predicted octanol–water partition coefficient (Wildman–Crippen LogP) is 3.74. The van der Waals surface area contributed by atoms with E-state index < -0.39 is 0 Å². The molecule has 0 bridgehead atoms. The number of rotatable bonds is 4. The third kappa shape index (κ3) is 2.52. The molecule has 0 amide bonds. The molecule has 1 nitrogen and oxygen atoms in total. The van der Waals surface area contributed by atoms with Crippen LogP contribution in [0, 0.1) is 0 Å². The average molecular weight is 231 g/mol. The van der Waals surface area contributed by atoms with Gasteiger partial charge in [0.1, 0.15) is 0 Å². The summed E-state index contributed by atoms with van der Waals surface area (Å²) in [7, 11) is 2.00. The number of benzene rings is 1. The number of thiophene rings is 1. The van der Waals surface area contributed by atoms with Crippen LogP contribution < -0.4 is 5.32 Å². The lowest BCUT2D eigenvalue weighted by Crippen LogP contribution is -2.14. The molecule has 0 aliphatic carbocycles. The summed E-state index contributed by atoms with van der Waals surface area (Å²) in [6, 6.07) is 12.9. The van der Waals surface area contributed by atoms with E-state index in [-0.39, 0.29) is 0 Å². The van der Waals surface area contributed by atoms with Crippen LogP contribution in [0.3, 0.4) is 0 Å². The molecule has 2 aromatic rings. The maximum atomic E-state index is 3.22. The molecule has 0 spiro atoms. The smallest absolute Gasteiger partial charge is 0.0345 e. The zero-order valence-corrected chi connectivity index (χ0v) is 10.6. The van der Waals surface area contributed by atoms with E-state index in [1.165, 1.54) is 16.0 Å². The Balaban J connectivity index is 2.20. The van der Waals surface area contributed by atoms with Gasteiger partial charge in [0.05, 0.1) is 0 Å². The van der Waals surface area contributed by atoms with Crippen molar-refractivity contribution < 1.29 is 0 Å². The molecule has 0 saturated carbocycles. The lowest BCUT2D eigenvalue weighted by Gasteiger charge is -2.07. The van der Waals surface area contributed by atoms with Gasteiger partial charge in [-0.2, -0.15) is 0 Å². The Hall–Kier alpha value is -1.12. The molecule has 1 unspecified atom stereocenters. The minimum Gasteiger partial charge on any atom is -0.319 e. The molecule has 1 heterocycles. The molecule has 2 rings (SSSR count). The van der Waals surface area contributed by atoms with Crippen molar-refractivity contribution in [3.05, 3.63) is 47.3 Å². The van der Waals surface area contributed by atoms with Gasteiger partial charge < -0.3 is 5.32 Å². The third-order valence-electron chi connectivity index (χ3n) is 2.76. The Morgan fingerprint density at radius 2 is 2.00 bits per heavy atom. The Morgan fingerprint density at radius 3 is 2.69 bits per heavy atom. The molecule has 1 N–H and O–H groups in total. The van der Waals surface area contributed by atoms with E-state index in [4.69, 9.17) is 0 Å². The van der Waals surface area contributed by atoms with Gasteiger partial charge in [-0.1, -0.05) is 37.3 Å². The second-order valence-electron chi connectivity index (χ2n) is 4.07. The Labute approximate surface area is 101 Å². The van der Waals surface area contributed by atoms with Crippen molar-refractivity contribution in [1.29, 1.82) is 0 Å². The number of hydrogen-bond acceptors (Lipinski definition) is 2. The fourth-order valence-electron chi connectivity index (χ4n) is 1.79. The van der Waals surface area contributed by atoms with Crippen LogP contribution in [0.25, 0.3) is 10.4 Å². The average Bonchev–Trinajstić information content (AvgIpc) is 2.80. The Bertz CT molecular complexity index is 433. The first-order chi connectivity index (χ1) is 7.81. The van der Waals surface area contributed by atoms with Crippen LogP contribution in [-0.2, 0) is 0 Å².